The molecular formula is C9H2BrF3N4. The van der Waals surface area contributed by atoms with E-state index in [-0.39, 0.29) is 0 Å². The number of hydrazone groups is 1. The van der Waals surface area contributed by atoms with E-state index in [1.165, 1.54) is 12.1 Å². The number of nitrogens with zero attached hydrogens (tertiary/aromatic N) is 3. The SMILES string of the molecule is N#CC(C#N)=NNc1cc(F)c(F)c(Br)c1F. The van der Waals surface area contributed by atoms with Crippen LogP contribution >= 0.6 is 15.9 Å². The maximum atomic E-state index is 13.3. The van der Waals surface area contributed by atoms with Crippen molar-refractivity contribution in [2.75, 3.05) is 5.43 Å². The Balaban J connectivity index is 3.15. The van der Waals surface area contributed by atoms with Gasteiger partial charge in [0.25, 0.3) is 0 Å². The Morgan fingerprint density at radius 2 is 1.82 bits per heavy atom. The summed E-state index contributed by atoms with van der Waals surface area (Å²) < 4.78 is 38.4. The summed E-state index contributed by atoms with van der Waals surface area (Å²) in [7, 11) is 0. The Hall–Kier alpha value is -2.06. The minimum absolute atomic E-state index is 0.501. The average Bonchev–Trinajstić information content (AvgIpc) is 2.33. The smallest absolute Gasteiger partial charge is 0.237 e. The van der Waals surface area contributed by atoms with Gasteiger partial charge in [-0.2, -0.15) is 15.6 Å². The van der Waals surface area contributed by atoms with E-state index in [1.54, 1.807) is 0 Å². The van der Waals surface area contributed by atoms with Crippen LogP contribution in [-0.2, 0) is 0 Å². The Morgan fingerprint density at radius 1 is 1.24 bits per heavy atom. The van der Waals surface area contributed by atoms with Crippen molar-refractivity contribution in [1.82, 2.24) is 0 Å². The quantitative estimate of drug-likeness (QED) is 0.395. The van der Waals surface area contributed by atoms with Gasteiger partial charge in [-0.25, -0.2) is 13.2 Å². The summed E-state index contributed by atoms with van der Waals surface area (Å²) in [6.45, 7) is 0. The summed E-state index contributed by atoms with van der Waals surface area (Å²) in [5, 5.41) is 19.9. The predicted octanol–water partition coefficient (Wildman–Crippen LogP) is 2.68. The van der Waals surface area contributed by atoms with Crippen LogP contribution in [0.4, 0.5) is 18.9 Å². The van der Waals surface area contributed by atoms with E-state index in [2.05, 4.69) is 21.0 Å². The standard InChI is InChI=1S/C9H2BrF3N4/c10-7-8(12)5(11)1-6(9(7)13)17-16-4(2-14)3-15/h1,17H. The molecule has 0 bridgehead atoms. The Kier molecular flexibility index (Phi) is 4.07. The largest absolute Gasteiger partial charge is 0.273 e. The first kappa shape index (κ1) is 13.0. The molecule has 4 nitrogen and oxygen atoms in total. The molecule has 8 heteroatoms. The molecule has 0 unspecified atom stereocenters. The zero-order chi connectivity index (χ0) is 13.0. The van der Waals surface area contributed by atoms with Gasteiger partial charge in [-0.15, -0.1) is 0 Å². The highest BCUT2D eigenvalue weighted by Crippen LogP contribution is 2.28. The van der Waals surface area contributed by atoms with Crippen LogP contribution in [0.3, 0.4) is 0 Å². The fourth-order valence-electron chi connectivity index (χ4n) is 0.845. The number of rotatable bonds is 2. The molecule has 1 aromatic rings. The lowest BCUT2D eigenvalue weighted by Crippen LogP contribution is -2.01. The van der Waals surface area contributed by atoms with Crippen LogP contribution in [-0.4, -0.2) is 5.71 Å². The molecule has 17 heavy (non-hydrogen) atoms. The Labute approximate surface area is 102 Å². The third-order valence-electron chi connectivity index (χ3n) is 1.60. The molecule has 86 valence electrons. The average molecular weight is 303 g/mol. The van der Waals surface area contributed by atoms with Crippen LogP contribution < -0.4 is 5.43 Å². The van der Waals surface area contributed by atoms with Gasteiger partial charge in [0.05, 0.1) is 10.2 Å². The molecule has 0 spiro atoms. The van der Waals surface area contributed by atoms with Crippen molar-refractivity contribution in [3.8, 4) is 12.1 Å². The maximum absolute atomic E-state index is 13.3. The molecule has 0 atom stereocenters. The highest BCUT2D eigenvalue weighted by atomic mass is 79.9. The summed E-state index contributed by atoms with van der Waals surface area (Å²) in [5.41, 5.74) is 0.875. The third kappa shape index (κ3) is 2.74. The molecule has 0 aromatic heterocycles. The molecule has 0 aliphatic heterocycles. The summed E-state index contributed by atoms with van der Waals surface area (Å²) in [5.74, 6) is -3.80. The summed E-state index contributed by atoms with van der Waals surface area (Å²) in [6, 6.07) is 3.33. The minimum Gasteiger partial charge on any atom is -0.273 e. The van der Waals surface area contributed by atoms with E-state index < -0.39 is 33.3 Å². The summed E-state index contributed by atoms with van der Waals surface area (Å²) in [4.78, 5) is 0. The van der Waals surface area contributed by atoms with Crippen LogP contribution in [0.2, 0.25) is 0 Å². The highest BCUT2D eigenvalue weighted by molar-refractivity contribution is 9.10. The molecule has 0 aliphatic carbocycles. The van der Waals surface area contributed by atoms with E-state index in [0.717, 1.165) is 0 Å². The molecule has 1 N–H and O–H groups in total. The van der Waals surface area contributed by atoms with Gasteiger partial charge in [-0.1, -0.05) is 0 Å². The zero-order valence-electron chi connectivity index (χ0n) is 7.93. The molecule has 0 aliphatic rings. The zero-order valence-corrected chi connectivity index (χ0v) is 9.52. The number of halogens is 4. The van der Waals surface area contributed by atoms with Gasteiger partial charge in [0.15, 0.2) is 17.5 Å². The van der Waals surface area contributed by atoms with Crippen molar-refractivity contribution in [2.45, 2.75) is 0 Å². The Bertz CT molecular complexity index is 555. The number of nitrogens with one attached hydrogen (secondary N) is 1. The van der Waals surface area contributed by atoms with Crippen LogP contribution in [0.1, 0.15) is 0 Å². The van der Waals surface area contributed by atoms with Crippen LogP contribution in [0.5, 0.6) is 0 Å². The van der Waals surface area contributed by atoms with E-state index >= 15 is 0 Å². The van der Waals surface area contributed by atoms with Crippen molar-refractivity contribution in [2.24, 2.45) is 5.10 Å². The first-order chi connectivity index (χ1) is 8.01. The van der Waals surface area contributed by atoms with Crippen molar-refractivity contribution in [3.05, 3.63) is 28.0 Å². The van der Waals surface area contributed by atoms with Crippen molar-refractivity contribution >= 4 is 27.3 Å². The van der Waals surface area contributed by atoms with Crippen molar-refractivity contribution in [1.29, 1.82) is 10.5 Å². The number of hydrogen-bond donors (Lipinski definition) is 1. The molecule has 1 rings (SSSR count). The fraction of sp³-hybridized carbons (Fsp3) is 0. The molecular weight excluding hydrogens is 301 g/mol. The molecule has 0 saturated heterocycles. The normalized spacial score (nSPS) is 9.06. The van der Waals surface area contributed by atoms with Crippen LogP contribution in [0, 0.1) is 40.1 Å². The lowest BCUT2D eigenvalue weighted by atomic mass is 10.3. The molecule has 0 amide bonds. The van der Waals surface area contributed by atoms with Crippen LogP contribution in [0.25, 0.3) is 0 Å². The minimum atomic E-state index is -1.38. The van der Waals surface area contributed by atoms with E-state index in [1.807, 2.05) is 5.43 Å². The summed E-state index contributed by atoms with van der Waals surface area (Å²) >= 11 is 2.51. The second-order valence-electron chi connectivity index (χ2n) is 2.64. The number of benzene rings is 1. The molecule has 0 saturated carbocycles. The van der Waals surface area contributed by atoms with Crippen molar-refractivity contribution in [3.63, 3.8) is 0 Å². The van der Waals surface area contributed by atoms with E-state index in [0.29, 0.717) is 6.07 Å². The molecule has 1 aromatic carbocycles. The predicted molar refractivity (Wildman–Crippen MR) is 56.3 cm³/mol. The summed E-state index contributed by atoms with van der Waals surface area (Å²) in [6.07, 6.45) is 0. The van der Waals surface area contributed by atoms with Gasteiger partial charge in [0, 0.05) is 6.07 Å². The highest BCUT2D eigenvalue weighted by Gasteiger charge is 2.16. The van der Waals surface area contributed by atoms with Gasteiger partial charge in [0.2, 0.25) is 5.71 Å². The van der Waals surface area contributed by atoms with Crippen LogP contribution in [0.15, 0.2) is 15.6 Å². The van der Waals surface area contributed by atoms with Gasteiger partial charge >= 0.3 is 0 Å². The number of nitriles is 2. The first-order valence-corrected chi connectivity index (χ1v) is 4.77. The van der Waals surface area contributed by atoms with Gasteiger partial charge in [-0.3, -0.25) is 5.43 Å². The molecule has 0 fully saturated rings. The molecule has 0 heterocycles. The molecule has 0 radical (unpaired) electrons. The maximum Gasteiger partial charge on any atom is 0.237 e. The topological polar surface area (TPSA) is 72.0 Å². The monoisotopic (exact) mass is 302 g/mol. The van der Waals surface area contributed by atoms with Gasteiger partial charge in [0.1, 0.15) is 12.1 Å². The first-order valence-electron chi connectivity index (χ1n) is 3.98. The Morgan fingerprint density at radius 3 is 2.35 bits per heavy atom. The fourth-order valence-corrected chi connectivity index (χ4v) is 1.25. The van der Waals surface area contributed by atoms with Gasteiger partial charge < -0.3 is 0 Å². The second kappa shape index (κ2) is 5.32. The lowest BCUT2D eigenvalue weighted by Gasteiger charge is -2.05. The van der Waals surface area contributed by atoms with Crippen molar-refractivity contribution < 1.29 is 13.2 Å². The number of anilines is 1. The third-order valence-corrected chi connectivity index (χ3v) is 2.30. The lowest BCUT2D eigenvalue weighted by molar-refractivity contribution is 0.489. The van der Waals surface area contributed by atoms with Gasteiger partial charge in [-0.05, 0) is 15.9 Å². The number of hydrogen-bond acceptors (Lipinski definition) is 4. The second-order valence-corrected chi connectivity index (χ2v) is 3.44. The van der Waals surface area contributed by atoms with E-state index in [4.69, 9.17) is 10.5 Å². The van der Waals surface area contributed by atoms with E-state index in [9.17, 15) is 13.2 Å².